The van der Waals surface area contributed by atoms with Crippen molar-refractivity contribution in [1.29, 1.82) is 0 Å². The molecule has 0 bridgehead atoms. The summed E-state index contributed by atoms with van der Waals surface area (Å²) in [4.78, 5) is 12.5. The van der Waals surface area contributed by atoms with Crippen molar-refractivity contribution in [2.24, 2.45) is 0 Å². The fourth-order valence-electron chi connectivity index (χ4n) is 4.17. The molecule has 0 saturated carbocycles. The molecule has 2 aromatic carbocycles. The van der Waals surface area contributed by atoms with Crippen LogP contribution < -0.4 is 19.5 Å². The van der Waals surface area contributed by atoms with Crippen LogP contribution in [0.4, 0.5) is 0 Å². The summed E-state index contributed by atoms with van der Waals surface area (Å²) >= 11 is 0. The molecule has 0 spiro atoms. The predicted molar refractivity (Wildman–Crippen MR) is 124 cm³/mol. The fraction of sp³-hybridized carbons (Fsp3) is 0.280. The van der Waals surface area contributed by atoms with E-state index in [9.17, 15) is 0 Å². The number of nitrogens with zero attached hydrogens (tertiary/aromatic N) is 2. The maximum Gasteiger partial charge on any atom is 0.233 e. The Kier molecular flexibility index (Phi) is 5.64. The third-order valence-electron chi connectivity index (χ3n) is 5.83. The van der Waals surface area contributed by atoms with Crippen molar-refractivity contribution >= 4 is 10.9 Å². The number of rotatable bonds is 6. The lowest BCUT2D eigenvalue weighted by Gasteiger charge is -2.23. The van der Waals surface area contributed by atoms with Crippen LogP contribution in [-0.2, 0) is 0 Å². The van der Waals surface area contributed by atoms with Crippen LogP contribution in [0.5, 0.6) is 17.4 Å². The predicted octanol–water partition coefficient (Wildman–Crippen LogP) is 4.44. The highest BCUT2D eigenvalue weighted by Crippen LogP contribution is 2.37. The van der Waals surface area contributed by atoms with Gasteiger partial charge in [-0.3, -0.25) is 4.98 Å². The van der Waals surface area contributed by atoms with Crippen molar-refractivity contribution in [1.82, 2.24) is 20.3 Å². The molecule has 4 aromatic rings. The number of fused-ring (bicyclic) bond motifs is 1. The van der Waals surface area contributed by atoms with Crippen LogP contribution in [0.25, 0.3) is 33.3 Å². The van der Waals surface area contributed by atoms with Gasteiger partial charge >= 0.3 is 0 Å². The van der Waals surface area contributed by atoms with E-state index < -0.39 is 0 Å². The Hall–Kier alpha value is -3.58. The number of H-pyrrole nitrogens is 1. The summed E-state index contributed by atoms with van der Waals surface area (Å²) in [5.41, 5.74) is 4.77. The van der Waals surface area contributed by atoms with E-state index in [0.29, 0.717) is 5.88 Å². The molecule has 0 aliphatic carbocycles. The highest BCUT2D eigenvalue weighted by Gasteiger charge is 2.17. The number of hydrogen-bond acceptors (Lipinski definition) is 6. The summed E-state index contributed by atoms with van der Waals surface area (Å²) in [6.07, 6.45) is 7.68. The van der Waals surface area contributed by atoms with Crippen molar-refractivity contribution in [3.05, 3.63) is 55.0 Å². The van der Waals surface area contributed by atoms with Gasteiger partial charge < -0.3 is 24.5 Å². The largest absolute Gasteiger partial charge is 0.497 e. The molecule has 7 nitrogen and oxygen atoms in total. The average molecular weight is 431 g/mol. The third-order valence-corrected chi connectivity index (χ3v) is 5.83. The van der Waals surface area contributed by atoms with Crippen LogP contribution >= 0.6 is 0 Å². The average Bonchev–Trinajstić information content (AvgIpc) is 3.28. The minimum Gasteiger partial charge on any atom is -0.497 e. The zero-order chi connectivity index (χ0) is 21.9. The maximum absolute atomic E-state index is 6.08. The Labute approximate surface area is 186 Å². The first-order valence-corrected chi connectivity index (χ1v) is 10.8. The van der Waals surface area contributed by atoms with Gasteiger partial charge in [-0.1, -0.05) is 6.07 Å². The number of hydrogen-bond donors (Lipinski definition) is 2. The van der Waals surface area contributed by atoms with Crippen LogP contribution in [0.3, 0.4) is 0 Å². The molecular weight excluding hydrogens is 404 g/mol. The maximum atomic E-state index is 6.08. The Morgan fingerprint density at radius 3 is 2.75 bits per heavy atom. The standard InChI is InChI=1S/C25H26N4O3/c1-30-17-6-8-24(31-2)19(11-17)16-5-7-22-20(10-16)21(13-28-22)23-14-27-15-25(29-23)32-18-4-3-9-26-12-18/h5-8,10-11,13-15,18,26,28H,3-4,9,12H2,1-2H3. The Morgan fingerprint density at radius 1 is 1.00 bits per heavy atom. The summed E-state index contributed by atoms with van der Waals surface area (Å²) < 4.78 is 17.1. The van der Waals surface area contributed by atoms with Gasteiger partial charge in [-0.25, -0.2) is 4.98 Å². The summed E-state index contributed by atoms with van der Waals surface area (Å²) in [7, 11) is 3.34. The van der Waals surface area contributed by atoms with E-state index in [2.05, 4.69) is 33.5 Å². The second-order valence-corrected chi connectivity index (χ2v) is 7.86. The minimum atomic E-state index is 0.128. The van der Waals surface area contributed by atoms with E-state index in [-0.39, 0.29) is 6.10 Å². The van der Waals surface area contributed by atoms with E-state index in [1.54, 1.807) is 26.6 Å². The van der Waals surface area contributed by atoms with Crippen molar-refractivity contribution in [2.45, 2.75) is 18.9 Å². The molecule has 1 aliphatic heterocycles. The van der Waals surface area contributed by atoms with E-state index in [1.807, 2.05) is 24.4 Å². The molecule has 2 N–H and O–H groups in total. The number of nitrogens with one attached hydrogen (secondary N) is 2. The fourth-order valence-corrected chi connectivity index (χ4v) is 4.17. The number of piperidine rings is 1. The Bertz CT molecular complexity index is 1230. The number of aromatic amines is 1. The van der Waals surface area contributed by atoms with E-state index >= 15 is 0 Å². The van der Waals surface area contributed by atoms with Crippen LogP contribution in [0, 0.1) is 0 Å². The molecule has 164 valence electrons. The SMILES string of the molecule is COc1ccc(OC)c(-c2ccc3[nH]cc(-c4cncc(OC5CCCNC5)n4)c3c2)c1. The molecule has 2 aromatic heterocycles. The first kappa shape index (κ1) is 20.3. The van der Waals surface area contributed by atoms with Crippen LogP contribution in [0.2, 0.25) is 0 Å². The van der Waals surface area contributed by atoms with Gasteiger partial charge in [0.2, 0.25) is 5.88 Å². The van der Waals surface area contributed by atoms with Gasteiger partial charge in [0.1, 0.15) is 17.6 Å². The summed E-state index contributed by atoms with van der Waals surface area (Å²) in [5.74, 6) is 2.12. The topological polar surface area (TPSA) is 81.3 Å². The molecule has 1 unspecified atom stereocenters. The van der Waals surface area contributed by atoms with Crippen LogP contribution in [0.1, 0.15) is 12.8 Å². The molecule has 1 atom stereocenters. The van der Waals surface area contributed by atoms with Gasteiger partial charge in [0.25, 0.3) is 0 Å². The van der Waals surface area contributed by atoms with Crippen LogP contribution in [-0.4, -0.2) is 48.4 Å². The number of methoxy groups -OCH3 is 2. The number of aromatic nitrogens is 3. The highest BCUT2D eigenvalue weighted by atomic mass is 16.5. The third kappa shape index (κ3) is 3.99. The Balaban J connectivity index is 1.52. The van der Waals surface area contributed by atoms with Crippen LogP contribution in [0.15, 0.2) is 55.0 Å². The summed E-state index contributed by atoms with van der Waals surface area (Å²) in [6.45, 7) is 1.88. The highest BCUT2D eigenvalue weighted by molar-refractivity contribution is 5.97. The second-order valence-electron chi connectivity index (χ2n) is 7.86. The van der Waals surface area contributed by atoms with Gasteiger partial charge in [-0.15, -0.1) is 0 Å². The quantitative estimate of drug-likeness (QED) is 0.471. The second kappa shape index (κ2) is 8.88. The monoisotopic (exact) mass is 430 g/mol. The molecule has 0 radical (unpaired) electrons. The molecule has 1 aliphatic rings. The van der Waals surface area contributed by atoms with E-state index in [4.69, 9.17) is 19.2 Å². The lowest BCUT2D eigenvalue weighted by molar-refractivity contribution is 0.160. The molecule has 0 amide bonds. The smallest absolute Gasteiger partial charge is 0.233 e. The van der Waals surface area contributed by atoms with E-state index in [0.717, 1.165) is 70.7 Å². The summed E-state index contributed by atoms with van der Waals surface area (Å²) in [5, 5.41) is 4.42. The number of benzene rings is 2. The van der Waals surface area contributed by atoms with Crippen molar-refractivity contribution < 1.29 is 14.2 Å². The molecule has 5 rings (SSSR count). The van der Waals surface area contributed by atoms with Gasteiger partial charge in [0.05, 0.1) is 32.3 Å². The molecule has 3 heterocycles. The first-order valence-electron chi connectivity index (χ1n) is 10.8. The molecule has 32 heavy (non-hydrogen) atoms. The first-order chi connectivity index (χ1) is 15.7. The van der Waals surface area contributed by atoms with Gasteiger partial charge in [-0.05, 0) is 55.3 Å². The zero-order valence-electron chi connectivity index (χ0n) is 18.2. The molecule has 1 fully saturated rings. The molecular formula is C25H26N4O3. The van der Waals surface area contributed by atoms with E-state index in [1.165, 1.54) is 0 Å². The summed E-state index contributed by atoms with van der Waals surface area (Å²) in [6, 6.07) is 12.1. The Morgan fingerprint density at radius 2 is 1.94 bits per heavy atom. The lowest BCUT2D eigenvalue weighted by atomic mass is 10.0. The molecule has 1 saturated heterocycles. The van der Waals surface area contributed by atoms with Gasteiger partial charge in [0.15, 0.2) is 0 Å². The normalized spacial score (nSPS) is 16.1. The molecule has 7 heteroatoms. The minimum absolute atomic E-state index is 0.128. The van der Waals surface area contributed by atoms with Crippen molar-refractivity contribution in [3.8, 4) is 39.8 Å². The van der Waals surface area contributed by atoms with Gasteiger partial charge in [-0.2, -0.15) is 0 Å². The van der Waals surface area contributed by atoms with Gasteiger partial charge in [0, 0.05) is 34.8 Å². The van der Waals surface area contributed by atoms with Crippen molar-refractivity contribution in [2.75, 3.05) is 27.3 Å². The lowest BCUT2D eigenvalue weighted by Crippen LogP contribution is -2.37. The van der Waals surface area contributed by atoms with Crippen molar-refractivity contribution in [3.63, 3.8) is 0 Å². The number of ether oxygens (including phenoxy) is 3. The zero-order valence-corrected chi connectivity index (χ0v) is 18.2.